The molecule has 0 bridgehead atoms. The average Bonchev–Trinajstić information content (AvgIpc) is 2.79. The summed E-state index contributed by atoms with van der Waals surface area (Å²) in [7, 11) is 0. The highest BCUT2D eigenvalue weighted by atomic mass is 16.5. The number of rotatable bonds is 5. The molecule has 1 aliphatic heterocycles. The van der Waals surface area contributed by atoms with Gasteiger partial charge in [-0.15, -0.1) is 0 Å². The van der Waals surface area contributed by atoms with Crippen molar-refractivity contribution in [2.45, 2.75) is 26.3 Å². The second-order valence-corrected chi connectivity index (χ2v) is 7.94. The number of hydrogen-bond acceptors (Lipinski definition) is 3. The SMILES string of the molecule is Cc1ccccc1C(=O)Nc1ccc2c(c1)C[C@H](C(=O)N[C@H](C)c1ccccc1)CO2. The number of fused-ring (bicyclic) bond motifs is 1. The molecule has 1 heterocycles. The van der Waals surface area contributed by atoms with Crippen LogP contribution in [-0.2, 0) is 11.2 Å². The van der Waals surface area contributed by atoms with Crippen LogP contribution in [0.4, 0.5) is 5.69 Å². The van der Waals surface area contributed by atoms with Crippen LogP contribution in [-0.4, -0.2) is 18.4 Å². The lowest BCUT2D eigenvalue weighted by atomic mass is 9.95. The van der Waals surface area contributed by atoms with E-state index in [1.807, 2.05) is 80.6 Å². The predicted molar refractivity (Wildman–Crippen MR) is 121 cm³/mol. The van der Waals surface area contributed by atoms with E-state index >= 15 is 0 Å². The van der Waals surface area contributed by atoms with Crippen LogP contribution in [0.3, 0.4) is 0 Å². The van der Waals surface area contributed by atoms with Crippen LogP contribution in [0.2, 0.25) is 0 Å². The predicted octanol–water partition coefficient (Wildman–Crippen LogP) is 4.68. The molecule has 2 N–H and O–H groups in total. The maximum Gasteiger partial charge on any atom is 0.255 e. The van der Waals surface area contributed by atoms with Gasteiger partial charge in [-0.3, -0.25) is 9.59 Å². The molecule has 5 heteroatoms. The molecular formula is C26H26N2O3. The molecule has 0 unspecified atom stereocenters. The van der Waals surface area contributed by atoms with Gasteiger partial charge in [-0.05, 0) is 61.2 Å². The van der Waals surface area contributed by atoms with E-state index in [-0.39, 0.29) is 23.8 Å². The second kappa shape index (κ2) is 9.04. The van der Waals surface area contributed by atoms with Gasteiger partial charge in [-0.2, -0.15) is 0 Å². The smallest absolute Gasteiger partial charge is 0.255 e. The van der Waals surface area contributed by atoms with E-state index in [4.69, 9.17) is 4.74 Å². The average molecular weight is 415 g/mol. The molecule has 31 heavy (non-hydrogen) atoms. The lowest BCUT2D eigenvalue weighted by molar-refractivity contribution is -0.126. The van der Waals surface area contributed by atoms with Crippen LogP contribution in [0.5, 0.6) is 5.75 Å². The Morgan fingerprint density at radius 3 is 2.52 bits per heavy atom. The van der Waals surface area contributed by atoms with E-state index in [9.17, 15) is 9.59 Å². The molecule has 0 spiro atoms. The number of aryl methyl sites for hydroxylation is 1. The molecule has 4 rings (SSSR count). The molecule has 0 saturated heterocycles. The molecule has 2 atom stereocenters. The van der Waals surface area contributed by atoms with Gasteiger partial charge in [-0.1, -0.05) is 48.5 Å². The van der Waals surface area contributed by atoms with Crippen molar-refractivity contribution < 1.29 is 14.3 Å². The summed E-state index contributed by atoms with van der Waals surface area (Å²) in [5, 5.41) is 6.03. The van der Waals surface area contributed by atoms with Gasteiger partial charge in [0.1, 0.15) is 12.4 Å². The van der Waals surface area contributed by atoms with Crippen molar-refractivity contribution in [3.8, 4) is 5.75 Å². The minimum atomic E-state index is -0.277. The molecule has 2 amide bonds. The minimum absolute atomic E-state index is 0.0312. The lowest BCUT2D eigenvalue weighted by Gasteiger charge is -2.26. The molecule has 3 aromatic rings. The Morgan fingerprint density at radius 2 is 1.74 bits per heavy atom. The van der Waals surface area contributed by atoms with E-state index in [0.717, 1.165) is 22.4 Å². The summed E-state index contributed by atoms with van der Waals surface area (Å²) in [6.07, 6.45) is 0.566. The summed E-state index contributed by atoms with van der Waals surface area (Å²) in [6.45, 7) is 4.23. The zero-order valence-corrected chi connectivity index (χ0v) is 17.7. The zero-order valence-electron chi connectivity index (χ0n) is 17.7. The van der Waals surface area contributed by atoms with Gasteiger partial charge in [0, 0.05) is 11.3 Å². The van der Waals surface area contributed by atoms with Crippen molar-refractivity contribution in [2.75, 3.05) is 11.9 Å². The van der Waals surface area contributed by atoms with Crippen LogP contribution in [0.25, 0.3) is 0 Å². The molecule has 0 aromatic heterocycles. The summed E-state index contributed by atoms with van der Waals surface area (Å²) in [5.74, 6) is 0.298. The fraction of sp³-hybridized carbons (Fsp3) is 0.231. The molecule has 5 nitrogen and oxygen atoms in total. The second-order valence-electron chi connectivity index (χ2n) is 7.94. The Labute approximate surface area is 182 Å². The van der Waals surface area contributed by atoms with Crippen LogP contribution < -0.4 is 15.4 Å². The fourth-order valence-corrected chi connectivity index (χ4v) is 3.82. The molecular weight excluding hydrogens is 388 g/mol. The van der Waals surface area contributed by atoms with Crippen LogP contribution in [0, 0.1) is 12.8 Å². The fourth-order valence-electron chi connectivity index (χ4n) is 3.82. The van der Waals surface area contributed by atoms with Crippen molar-refractivity contribution in [2.24, 2.45) is 5.92 Å². The first kappa shape index (κ1) is 20.7. The summed E-state index contributed by atoms with van der Waals surface area (Å²) in [4.78, 5) is 25.4. The maximum atomic E-state index is 12.8. The summed E-state index contributed by atoms with van der Waals surface area (Å²) < 4.78 is 5.83. The topological polar surface area (TPSA) is 67.4 Å². The number of benzene rings is 3. The first-order valence-electron chi connectivity index (χ1n) is 10.5. The number of nitrogens with one attached hydrogen (secondary N) is 2. The Hall–Kier alpha value is -3.60. The third-order valence-electron chi connectivity index (χ3n) is 5.64. The monoisotopic (exact) mass is 414 g/mol. The number of anilines is 1. The Bertz CT molecular complexity index is 1090. The van der Waals surface area contributed by atoms with Crippen molar-refractivity contribution >= 4 is 17.5 Å². The molecule has 0 radical (unpaired) electrons. The van der Waals surface area contributed by atoms with Gasteiger partial charge in [-0.25, -0.2) is 0 Å². The van der Waals surface area contributed by atoms with Crippen molar-refractivity contribution in [1.29, 1.82) is 0 Å². The van der Waals surface area contributed by atoms with Gasteiger partial charge in [0.2, 0.25) is 5.91 Å². The van der Waals surface area contributed by atoms with Crippen LogP contribution >= 0.6 is 0 Å². The van der Waals surface area contributed by atoms with Gasteiger partial charge in [0.15, 0.2) is 0 Å². The Balaban J connectivity index is 1.43. The van der Waals surface area contributed by atoms with E-state index in [2.05, 4.69) is 10.6 Å². The summed E-state index contributed by atoms with van der Waals surface area (Å²) in [5.41, 5.74) is 4.24. The number of carbonyl (C=O) groups is 2. The van der Waals surface area contributed by atoms with E-state index in [0.29, 0.717) is 24.3 Å². The molecule has 1 aliphatic rings. The first-order valence-corrected chi connectivity index (χ1v) is 10.5. The number of hydrogen-bond donors (Lipinski definition) is 2. The van der Waals surface area contributed by atoms with Crippen LogP contribution in [0.1, 0.15) is 40.0 Å². The highest BCUT2D eigenvalue weighted by Gasteiger charge is 2.27. The van der Waals surface area contributed by atoms with E-state index in [1.165, 1.54) is 0 Å². The lowest BCUT2D eigenvalue weighted by Crippen LogP contribution is -2.38. The molecule has 0 saturated carbocycles. The molecule has 158 valence electrons. The van der Waals surface area contributed by atoms with Crippen LogP contribution in [0.15, 0.2) is 72.8 Å². The third kappa shape index (κ3) is 4.77. The Kier molecular flexibility index (Phi) is 6.03. The van der Waals surface area contributed by atoms with Crippen molar-refractivity contribution in [3.05, 3.63) is 95.1 Å². The van der Waals surface area contributed by atoms with E-state index < -0.39 is 0 Å². The normalized spacial score (nSPS) is 15.9. The van der Waals surface area contributed by atoms with Crippen molar-refractivity contribution in [3.63, 3.8) is 0 Å². The standard InChI is InChI=1S/C26H26N2O3/c1-17-8-6-7-11-23(17)26(30)28-22-12-13-24-20(15-22)14-21(16-31-24)25(29)27-18(2)19-9-4-3-5-10-19/h3-13,15,18,21H,14,16H2,1-2H3,(H,27,29)(H,28,30)/t18-,21+/m1/s1. The van der Waals surface area contributed by atoms with Gasteiger partial charge in [0.05, 0.1) is 12.0 Å². The largest absolute Gasteiger partial charge is 0.492 e. The molecule has 0 aliphatic carbocycles. The molecule has 0 fully saturated rings. The summed E-state index contributed by atoms with van der Waals surface area (Å²) in [6, 6.07) is 22.9. The van der Waals surface area contributed by atoms with Gasteiger partial charge < -0.3 is 15.4 Å². The number of carbonyl (C=O) groups excluding carboxylic acids is 2. The Morgan fingerprint density at radius 1 is 1.00 bits per heavy atom. The van der Waals surface area contributed by atoms with E-state index in [1.54, 1.807) is 6.07 Å². The third-order valence-corrected chi connectivity index (χ3v) is 5.64. The van der Waals surface area contributed by atoms with Gasteiger partial charge in [0.25, 0.3) is 5.91 Å². The number of ether oxygens (including phenoxy) is 1. The first-order chi connectivity index (χ1) is 15.0. The number of amides is 2. The zero-order chi connectivity index (χ0) is 21.8. The highest BCUT2D eigenvalue weighted by molar-refractivity contribution is 6.05. The maximum absolute atomic E-state index is 12.8. The molecule has 3 aromatic carbocycles. The van der Waals surface area contributed by atoms with Gasteiger partial charge >= 0.3 is 0 Å². The quantitative estimate of drug-likeness (QED) is 0.637. The minimum Gasteiger partial charge on any atom is -0.492 e. The van der Waals surface area contributed by atoms with Crippen molar-refractivity contribution in [1.82, 2.24) is 5.32 Å². The summed E-state index contributed by atoms with van der Waals surface area (Å²) >= 11 is 0. The highest BCUT2D eigenvalue weighted by Crippen LogP contribution is 2.30.